The van der Waals surface area contributed by atoms with Gasteiger partial charge in [0.1, 0.15) is 5.82 Å². The molecule has 1 heterocycles. The predicted molar refractivity (Wildman–Crippen MR) is 111 cm³/mol. The van der Waals surface area contributed by atoms with Crippen molar-refractivity contribution in [2.24, 2.45) is 0 Å². The Morgan fingerprint density at radius 3 is 2.18 bits per heavy atom. The summed E-state index contributed by atoms with van der Waals surface area (Å²) in [4.78, 5) is 8.14. The van der Waals surface area contributed by atoms with Gasteiger partial charge in [-0.3, -0.25) is 4.72 Å². The van der Waals surface area contributed by atoms with Gasteiger partial charge in [0.25, 0.3) is 10.0 Å². The first-order chi connectivity index (χ1) is 13.4. The van der Waals surface area contributed by atoms with Gasteiger partial charge in [-0.2, -0.15) is 4.98 Å². The van der Waals surface area contributed by atoms with Gasteiger partial charge in [-0.25, -0.2) is 13.4 Å². The molecule has 140 valence electrons. The van der Waals surface area contributed by atoms with E-state index in [0.29, 0.717) is 16.6 Å². The molecule has 0 unspecified atom stereocenters. The molecular weight excluding hydrogens is 374 g/mol. The highest BCUT2D eigenvalue weighted by atomic mass is 32.2. The van der Waals surface area contributed by atoms with Gasteiger partial charge < -0.3 is 11.5 Å². The van der Waals surface area contributed by atoms with Crippen LogP contribution in [0.1, 0.15) is 0 Å². The molecule has 0 aliphatic heterocycles. The van der Waals surface area contributed by atoms with E-state index in [1.54, 1.807) is 42.5 Å². The maximum absolute atomic E-state index is 12.7. The number of nitrogen functional groups attached to an aromatic ring is 2. The summed E-state index contributed by atoms with van der Waals surface area (Å²) in [5.41, 5.74) is 14.3. The molecule has 0 aliphatic rings. The molecule has 1 aromatic heterocycles. The third-order valence-electron chi connectivity index (χ3n) is 4.27. The maximum atomic E-state index is 12.7. The zero-order valence-corrected chi connectivity index (χ0v) is 15.5. The van der Waals surface area contributed by atoms with Crippen molar-refractivity contribution in [1.82, 2.24) is 9.97 Å². The summed E-state index contributed by atoms with van der Waals surface area (Å²) in [6.45, 7) is 0. The van der Waals surface area contributed by atoms with Crippen molar-refractivity contribution < 1.29 is 8.42 Å². The molecule has 8 heteroatoms. The van der Waals surface area contributed by atoms with E-state index in [0.717, 1.165) is 11.1 Å². The van der Waals surface area contributed by atoms with Gasteiger partial charge in [0, 0.05) is 11.1 Å². The Kier molecular flexibility index (Phi) is 4.32. The summed E-state index contributed by atoms with van der Waals surface area (Å²) in [6, 6.07) is 21.3. The number of aromatic nitrogens is 2. The number of nitrogens with zero attached hydrogens (tertiary/aromatic N) is 2. The van der Waals surface area contributed by atoms with Gasteiger partial charge in [-0.15, -0.1) is 0 Å². The van der Waals surface area contributed by atoms with E-state index in [-0.39, 0.29) is 16.7 Å². The molecule has 0 fully saturated rings. The summed E-state index contributed by atoms with van der Waals surface area (Å²) in [7, 11) is -3.76. The number of nitrogens with one attached hydrogen (secondary N) is 1. The molecule has 5 N–H and O–H groups in total. The maximum Gasteiger partial charge on any atom is 0.261 e. The number of rotatable bonds is 4. The standard InChI is InChI=1S/C20H17N5O2S/c21-19-17-12-15(8-11-18(17)23-20(22)24-19)25-28(26,27)16-9-6-14(7-10-16)13-4-2-1-3-5-13/h1-12,25H,(H4,21,22,23,24). The van der Waals surface area contributed by atoms with Gasteiger partial charge in [0.2, 0.25) is 5.95 Å². The average molecular weight is 391 g/mol. The Bertz CT molecular complexity index is 1260. The molecule has 4 rings (SSSR count). The highest BCUT2D eigenvalue weighted by molar-refractivity contribution is 7.92. The second-order valence-electron chi connectivity index (χ2n) is 6.19. The van der Waals surface area contributed by atoms with Crippen LogP contribution in [0.4, 0.5) is 17.5 Å². The quantitative estimate of drug-likeness (QED) is 0.490. The average Bonchev–Trinajstić information content (AvgIpc) is 2.69. The van der Waals surface area contributed by atoms with E-state index >= 15 is 0 Å². The minimum atomic E-state index is -3.76. The lowest BCUT2D eigenvalue weighted by Crippen LogP contribution is -2.13. The second-order valence-corrected chi connectivity index (χ2v) is 7.88. The van der Waals surface area contributed by atoms with Crippen LogP contribution in [0.5, 0.6) is 0 Å². The van der Waals surface area contributed by atoms with Gasteiger partial charge in [0.15, 0.2) is 0 Å². The fourth-order valence-corrected chi connectivity index (χ4v) is 3.95. The number of hydrogen-bond acceptors (Lipinski definition) is 6. The zero-order chi connectivity index (χ0) is 19.7. The number of hydrogen-bond donors (Lipinski definition) is 3. The minimum Gasteiger partial charge on any atom is -0.383 e. The molecule has 0 saturated carbocycles. The van der Waals surface area contributed by atoms with Crippen molar-refractivity contribution >= 4 is 38.4 Å². The smallest absolute Gasteiger partial charge is 0.261 e. The Morgan fingerprint density at radius 1 is 0.786 bits per heavy atom. The van der Waals surface area contributed by atoms with E-state index in [1.165, 1.54) is 0 Å². The van der Waals surface area contributed by atoms with Crippen LogP contribution in [-0.2, 0) is 10.0 Å². The number of anilines is 3. The van der Waals surface area contributed by atoms with Crippen LogP contribution in [-0.4, -0.2) is 18.4 Å². The third kappa shape index (κ3) is 3.45. The second kappa shape index (κ2) is 6.82. The molecule has 28 heavy (non-hydrogen) atoms. The Labute approximate surface area is 162 Å². The highest BCUT2D eigenvalue weighted by Gasteiger charge is 2.15. The van der Waals surface area contributed by atoms with Crippen molar-refractivity contribution in [2.45, 2.75) is 4.90 Å². The van der Waals surface area contributed by atoms with Gasteiger partial charge in [-0.05, 0) is 41.5 Å². The molecule has 0 atom stereocenters. The van der Waals surface area contributed by atoms with E-state index in [1.807, 2.05) is 30.3 Å². The van der Waals surface area contributed by atoms with Crippen LogP contribution in [0.25, 0.3) is 22.0 Å². The third-order valence-corrected chi connectivity index (χ3v) is 5.66. The minimum absolute atomic E-state index is 0.0665. The summed E-state index contributed by atoms with van der Waals surface area (Å²) >= 11 is 0. The first kappa shape index (κ1) is 17.7. The number of benzene rings is 3. The van der Waals surface area contributed by atoms with E-state index < -0.39 is 10.0 Å². The van der Waals surface area contributed by atoms with Crippen LogP contribution in [0, 0.1) is 0 Å². The molecular formula is C20H17N5O2S. The molecule has 0 aliphatic carbocycles. The van der Waals surface area contributed by atoms with Crippen LogP contribution >= 0.6 is 0 Å². The first-order valence-corrected chi connectivity index (χ1v) is 9.92. The summed E-state index contributed by atoms with van der Waals surface area (Å²) in [5, 5.41) is 0.522. The highest BCUT2D eigenvalue weighted by Crippen LogP contribution is 2.26. The van der Waals surface area contributed by atoms with Crippen LogP contribution < -0.4 is 16.2 Å². The molecule has 0 radical (unpaired) electrons. The number of nitrogens with two attached hydrogens (primary N) is 2. The predicted octanol–water partition coefficient (Wildman–Crippen LogP) is 3.26. The van der Waals surface area contributed by atoms with Crippen molar-refractivity contribution in [3.8, 4) is 11.1 Å². The Hall–Kier alpha value is -3.65. The van der Waals surface area contributed by atoms with Crippen molar-refractivity contribution in [3.05, 3.63) is 72.8 Å². The van der Waals surface area contributed by atoms with E-state index in [2.05, 4.69) is 14.7 Å². The zero-order valence-electron chi connectivity index (χ0n) is 14.7. The lowest BCUT2D eigenvalue weighted by molar-refractivity contribution is 0.601. The fourth-order valence-electron chi connectivity index (χ4n) is 2.91. The lowest BCUT2D eigenvalue weighted by atomic mass is 10.1. The topological polar surface area (TPSA) is 124 Å². The largest absolute Gasteiger partial charge is 0.383 e. The number of sulfonamides is 1. The molecule has 4 aromatic rings. The first-order valence-electron chi connectivity index (χ1n) is 8.43. The molecule has 0 amide bonds. The van der Waals surface area contributed by atoms with Gasteiger partial charge >= 0.3 is 0 Å². The van der Waals surface area contributed by atoms with Crippen molar-refractivity contribution in [3.63, 3.8) is 0 Å². The summed E-state index contributed by atoms with van der Waals surface area (Å²) < 4.78 is 28.0. The van der Waals surface area contributed by atoms with Gasteiger partial charge in [0.05, 0.1) is 10.4 Å². The monoisotopic (exact) mass is 391 g/mol. The molecule has 0 spiro atoms. The SMILES string of the molecule is Nc1nc(N)c2cc(NS(=O)(=O)c3ccc(-c4ccccc4)cc3)ccc2n1. The van der Waals surface area contributed by atoms with Crippen molar-refractivity contribution in [2.75, 3.05) is 16.2 Å². The van der Waals surface area contributed by atoms with Gasteiger partial charge in [-0.1, -0.05) is 42.5 Å². The van der Waals surface area contributed by atoms with Crippen LogP contribution in [0.15, 0.2) is 77.7 Å². The molecule has 7 nitrogen and oxygen atoms in total. The van der Waals surface area contributed by atoms with Crippen molar-refractivity contribution in [1.29, 1.82) is 0 Å². The molecule has 0 saturated heterocycles. The number of fused-ring (bicyclic) bond motifs is 1. The Morgan fingerprint density at radius 2 is 1.46 bits per heavy atom. The van der Waals surface area contributed by atoms with Crippen LogP contribution in [0.2, 0.25) is 0 Å². The molecule has 0 bridgehead atoms. The normalized spacial score (nSPS) is 11.4. The van der Waals surface area contributed by atoms with E-state index in [9.17, 15) is 8.42 Å². The summed E-state index contributed by atoms with van der Waals surface area (Å²) in [6.07, 6.45) is 0. The summed E-state index contributed by atoms with van der Waals surface area (Å²) in [5.74, 6) is 0.257. The molecule has 3 aromatic carbocycles. The Balaban J connectivity index is 1.63. The van der Waals surface area contributed by atoms with E-state index in [4.69, 9.17) is 11.5 Å². The lowest BCUT2D eigenvalue weighted by Gasteiger charge is -2.10. The fraction of sp³-hybridized carbons (Fsp3) is 0. The van der Waals surface area contributed by atoms with Crippen LogP contribution in [0.3, 0.4) is 0 Å².